The van der Waals surface area contributed by atoms with Crippen molar-refractivity contribution in [3.63, 3.8) is 0 Å². The Morgan fingerprint density at radius 1 is 1.23 bits per heavy atom. The van der Waals surface area contributed by atoms with E-state index in [2.05, 4.69) is 10.2 Å². The van der Waals surface area contributed by atoms with Crippen molar-refractivity contribution in [1.29, 1.82) is 0 Å². The van der Waals surface area contributed by atoms with Crippen molar-refractivity contribution >= 4 is 39.9 Å². The first kappa shape index (κ1) is 24.3. The second kappa shape index (κ2) is 11.4. The van der Waals surface area contributed by atoms with Gasteiger partial charge in [0.05, 0.1) is 24.1 Å². The van der Waals surface area contributed by atoms with Crippen molar-refractivity contribution in [3.05, 3.63) is 51.1 Å². The zero-order valence-electron chi connectivity index (χ0n) is 16.9. The fourth-order valence-corrected chi connectivity index (χ4v) is 3.41. The highest BCUT2D eigenvalue weighted by Crippen LogP contribution is 2.31. The van der Waals surface area contributed by atoms with Gasteiger partial charge in [0.15, 0.2) is 0 Å². The van der Waals surface area contributed by atoms with Crippen LogP contribution in [0.2, 0.25) is 0 Å². The molecule has 2 aromatic rings. The number of anilines is 2. The van der Waals surface area contributed by atoms with Gasteiger partial charge in [-0.2, -0.15) is 0 Å². The molecule has 9 heteroatoms. The fraction of sp³-hybridized carbons (Fsp3) is 0.381. The highest BCUT2D eigenvalue weighted by Gasteiger charge is 2.19. The van der Waals surface area contributed by atoms with E-state index in [1.54, 1.807) is 6.07 Å². The van der Waals surface area contributed by atoms with Crippen LogP contribution in [0.15, 0.2) is 30.3 Å². The van der Waals surface area contributed by atoms with E-state index in [4.69, 9.17) is 10.5 Å². The molecular formula is C21H26F2IN3O3. The highest BCUT2D eigenvalue weighted by atomic mass is 127. The topological polar surface area (TPSA) is 87.8 Å². The largest absolute Gasteiger partial charge is 0.492 e. The van der Waals surface area contributed by atoms with Crippen LogP contribution in [0.5, 0.6) is 5.75 Å². The Morgan fingerprint density at radius 3 is 2.53 bits per heavy atom. The average Bonchev–Trinajstić information content (AvgIpc) is 2.67. The lowest BCUT2D eigenvalue weighted by Gasteiger charge is -2.22. The molecule has 30 heavy (non-hydrogen) atoms. The molecule has 0 aromatic heterocycles. The monoisotopic (exact) mass is 533 g/mol. The molecule has 0 radical (unpaired) electrons. The number of hydrogen-bond donors (Lipinski definition) is 3. The molecule has 6 nitrogen and oxygen atoms in total. The Morgan fingerprint density at radius 2 is 1.93 bits per heavy atom. The van der Waals surface area contributed by atoms with Gasteiger partial charge in [0.1, 0.15) is 22.9 Å². The first-order valence-electron chi connectivity index (χ1n) is 9.63. The number of primary amides is 1. The van der Waals surface area contributed by atoms with Gasteiger partial charge < -0.3 is 25.8 Å². The molecular weight excluding hydrogens is 507 g/mol. The van der Waals surface area contributed by atoms with Gasteiger partial charge >= 0.3 is 0 Å². The maximum Gasteiger partial charge on any atom is 0.254 e. The number of rotatable bonds is 11. The molecule has 0 saturated carbocycles. The number of hydrogen-bond acceptors (Lipinski definition) is 5. The average molecular weight is 533 g/mol. The molecule has 0 heterocycles. The number of carbonyl (C=O) groups is 1. The van der Waals surface area contributed by atoms with E-state index in [9.17, 15) is 18.7 Å². The normalized spacial score (nSPS) is 12.1. The third-order valence-electron chi connectivity index (χ3n) is 4.59. The van der Waals surface area contributed by atoms with E-state index in [1.165, 1.54) is 12.1 Å². The molecule has 4 N–H and O–H groups in total. The predicted molar refractivity (Wildman–Crippen MR) is 121 cm³/mol. The predicted octanol–water partition coefficient (Wildman–Crippen LogP) is 3.88. The summed E-state index contributed by atoms with van der Waals surface area (Å²) in [5.74, 6) is -2.14. The van der Waals surface area contributed by atoms with E-state index in [0.29, 0.717) is 16.5 Å². The standard InChI is InChI=1S/C21H26F2IN3O3/c1-3-27(4-2)12-15(28)7-8-30-19-10-13(22)9-18(20(19)21(25)29)26-17-6-5-14(24)11-16(17)23/h5-6,9-11,15,26,28H,3-4,7-8,12H2,1-2H3,(H2,25,29)/t15-/m1/s1. The number of nitrogens with zero attached hydrogens (tertiary/aromatic N) is 1. The quantitative estimate of drug-likeness (QED) is 0.382. The van der Waals surface area contributed by atoms with Crippen molar-refractivity contribution < 1.29 is 23.4 Å². The van der Waals surface area contributed by atoms with E-state index in [0.717, 1.165) is 25.2 Å². The second-order valence-corrected chi connectivity index (χ2v) is 7.96. The number of aliphatic hydroxyl groups is 1. The minimum Gasteiger partial charge on any atom is -0.492 e. The molecule has 0 bridgehead atoms. The SMILES string of the molecule is CCN(CC)C[C@H](O)CCOc1cc(F)cc(Nc2ccc(I)cc2F)c1C(N)=O. The molecule has 0 unspecified atom stereocenters. The van der Waals surface area contributed by atoms with Gasteiger partial charge in [0.25, 0.3) is 5.91 Å². The lowest BCUT2D eigenvalue weighted by atomic mass is 10.1. The number of carbonyl (C=O) groups excluding carboxylic acids is 1. The summed E-state index contributed by atoms with van der Waals surface area (Å²) in [6.45, 7) is 6.18. The van der Waals surface area contributed by atoms with Crippen LogP contribution in [0.3, 0.4) is 0 Å². The van der Waals surface area contributed by atoms with Crippen molar-refractivity contribution in [2.45, 2.75) is 26.4 Å². The highest BCUT2D eigenvalue weighted by molar-refractivity contribution is 14.1. The van der Waals surface area contributed by atoms with Gasteiger partial charge in [0.2, 0.25) is 0 Å². The lowest BCUT2D eigenvalue weighted by Crippen LogP contribution is -2.33. The van der Waals surface area contributed by atoms with Gasteiger partial charge in [-0.3, -0.25) is 4.79 Å². The number of ether oxygens (including phenoxy) is 1. The summed E-state index contributed by atoms with van der Waals surface area (Å²) in [5.41, 5.74) is 5.47. The van der Waals surface area contributed by atoms with E-state index >= 15 is 0 Å². The van der Waals surface area contributed by atoms with Crippen LogP contribution in [-0.2, 0) is 0 Å². The van der Waals surface area contributed by atoms with Crippen LogP contribution < -0.4 is 15.8 Å². The summed E-state index contributed by atoms with van der Waals surface area (Å²) < 4.78 is 34.6. The van der Waals surface area contributed by atoms with Crippen LogP contribution in [0.4, 0.5) is 20.2 Å². The summed E-state index contributed by atoms with van der Waals surface area (Å²) in [5, 5.41) is 12.9. The molecule has 1 amide bonds. The molecule has 0 spiro atoms. The van der Waals surface area contributed by atoms with Gasteiger partial charge in [0, 0.05) is 22.6 Å². The van der Waals surface area contributed by atoms with E-state index in [1.807, 2.05) is 36.4 Å². The molecule has 0 aliphatic heterocycles. The lowest BCUT2D eigenvalue weighted by molar-refractivity contribution is 0.0942. The Balaban J connectivity index is 2.18. The van der Waals surface area contributed by atoms with Crippen LogP contribution in [0.25, 0.3) is 0 Å². The maximum absolute atomic E-state index is 14.2. The molecule has 0 aliphatic carbocycles. The van der Waals surface area contributed by atoms with Crippen LogP contribution in [-0.4, -0.2) is 48.3 Å². The molecule has 2 aromatic carbocycles. The van der Waals surface area contributed by atoms with Gasteiger partial charge in [-0.25, -0.2) is 8.78 Å². The molecule has 2 rings (SSSR count). The number of likely N-dealkylation sites (N-methyl/N-ethyl adjacent to an activating group) is 1. The molecule has 164 valence electrons. The van der Waals surface area contributed by atoms with Crippen LogP contribution >= 0.6 is 22.6 Å². The smallest absolute Gasteiger partial charge is 0.254 e. The van der Waals surface area contributed by atoms with Crippen molar-refractivity contribution in [2.75, 3.05) is 31.6 Å². The number of amides is 1. The summed E-state index contributed by atoms with van der Waals surface area (Å²) >= 11 is 1.97. The van der Waals surface area contributed by atoms with Gasteiger partial charge in [-0.15, -0.1) is 0 Å². The summed E-state index contributed by atoms with van der Waals surface area (Å²) in [6.07, 6.45) is -0.339. The minimum atomic E-state index is -0.845. The Kier molecular flexibility index (Phi) is 9.25. The zero-order valence-corrected chi connectivity index (χ0v) is 19.1. The summed E-state index contributed by atoms with van der Waals surface area (Å²) in [6, 6.07) is 6.56. The van der Waals surface area contributed by atoms with Crippen molar-refractivity contribution in [3.8, 4) is 5.75 Å². The number of aliphatic hydroxyl groups excluding tert-OH is 1. The van der Waals surface area contributed by atoms with E-state index < -0.39 is 23.6 Å². The third-order valence-corrected chi connectivity index (χ3v) is 5.26. The Bertz CT molecular complexity index is 879. The summed E-state index contributed by atoms with van der Waals surface area (Å²) in [7, 11) is 0. The number of halogens is 3. The number of benzene rings is 2. The van der Waals surface area contributed by atoms with Gasteiger partial charge in [-0.1, -0.05) is 13.8 Å². The van der Waals surface area contributed by atoms with Gasteiger partial charge in [-0.05, 0) is 59.9 Å². The molecule has 1 atom stereocenters. The fourth-order valence-electron chi connectivity index (χ4n) is 2.96. The molecule has 0 fully saturated rings. The summed E-state index contributed by atoms with van der Waals surface area (Å²) in [4.78, 5) is 14.1. The first-order chi connectivity index (χ1) is 14.2. The second-order valence-electron chi connectivity index (χ2n) is 6.72. The molecule has 0 aliphatic rings. The van der Waals surface area contributed by atoms with Crippen molar-refractivity contribution in [1.82, 2.24) is 4.90 Å². The Labute approximate surface area is 188 Å². The maximum atomic E-state index is 14.2. The van der Waals surface area contributed by atoms with Crippen molar-refractivity contribution in [2.24, 2.45) is 5.73 Å². The van der Waals surface area contributed by atoms with E-state index in [-0.39, 0.29) is 29.3 Å². The first-order valence-corrected chi connectivity index (χ1v) is 10.7. The Hall–Kier alpha value is -1.98. The zero-order chi connectivity index (χ0) is 22.3. The third kappa shape index (κ3) is 6.78. The number of nitrogens with one attached hydrogen (secondary N) is 1. The van der Waals surface area contributed by atoms with Crippen LogP contribution in [0.1, 0.15) is 30.6 Å². The minimum absolute atomic E-state index is 0.00120. The number of nitrogens with two attached hydrogens (primary N) is 1. The molecule has 0 saturated heterocycles. The van der Waals surface area contributed by atoms with Crippen LogP contribution in [0, 0.1) is 15.2 Å².